The van der Waals surface area contributed by atoms with Crippen LogP contribution in [0, 0.1) is 11.3 Å². The molecule has 4 aliphatic rings. The fourth-order valence-corrected chi connectivity index (χ4v) is 5.40. The third-order valence-electron chi connectivity index (χ3n) is 7.07. The van der Waals surface area contributed by atoms with Crippen molar-refractivity contribution in [3.63, 3.8) is 0 Å². The first-order chi connectivity index (χ1) is 15.3. The SMILES string of the molecule is CC(N)=O.O=C1CCC(N2Cc3ccc(COCC4CC5(CCC5)C4)cc3C2=O)C(=O)N1. The van der Waals surface area contributed by atoms with Crippen molar-refractivity contribution in [2.45, 2.75) is 71.1 Å². The summed E-state index contributed by atoms with van der Waals surface area (Å²) in [5, 5.41) is 2.34. The maximum atomic E-state index is 12.8. The maximum absolute atomic E-state index is 12.8. The number of fused-ring (bicyclic) bond motifs is 1. The molecule has 4 amide bonds. The lowest BCUT2D eigenvalue weighted by Crippen LogP contribution is -2.52. The zero-order valence-corrected chi connectivity index (χ0v) is 18.5. The van der Waals surface area contributed by atoms with Gasteiger partial charge in [-0.05, 0) is 60.6 Å². The topological polar surface area (TPSA) is 119 Å². The molecule has 0 radical (unpaired) electrons. The molecule has 0 aromatic heterocycles. The number of hydrogen-bond acceptors (Lipinski definition) is 5. The largest absolute Gasteiger partial charge is 0.376 e. The normalized spacial score (nSPS) is 23.6. The molecule has 5 rings (SSSR count). The summed E-state index contributed by atoms with van der Waals surface area (Å²) in [4.78, 5) is 47.1. The Kier molecular flexibility index (Phi) is 6.33. The lowest BCUT2D eigenvalue weighted by atomic mass is 9.52. The van der Waals surface area contributed by atoms with E-state index in [-0.39, 0.29) is 30.0 Å². The van der Waals surface area contributed by atoms with Crippen LogP contribution in [-0.4, -0.2) is 41.2 Å². The van der Waals surface area contributed by atoms with Gasteiger partial charge in [-0.15, -0.1) is 0 Å². The number of nitrogens with zero attached hydrogens (tertiary/aromatic N) is 1. The van der Waals surface area contributed by atoms with Crippen LogP contribution < -0.4 is 11.1 Å². The minimum Gasteiger partial charge on any atom is -0.376 e. The molecule has 1 spiro atoms. The Bertz CT molecular complexity index is 928. The van der Waals surface area contributed by atoms with E-state index in [0.29, 0.717) is 36.5 Å². The highest BCUT2D eigenvalue weighted by Crippen LogP contribution is 2.58. The Morgan fingerprint density at radius 1 is 1.25 bits per heavy atom. The Morgan fingerprint density at radius 2 is 1.97 bits per heavy atom. The molecule has 2 aliphatic carbocycles. The number of nitrogens with one attached hydrogen (secondary N) is 1. The number of hydrogen-bond donors (Lipinski definition) is 2. The number of rotatable bonds is 5. The molecule has 3 N–H and O–H groups in total. The second-order valence-corrected chi connectivity index (χ2v) is 9.65. The monoisotopic (exact) mass is 441 g/mol. The molecule has 2 heterocycles. The summed E-state index contributed by atoms with van der Waals surface area (Å²) in [6.45, 7) is 3.05. The second-order valence-electron chi connectivity index (χ2n) is 9.65. The average Bonchev–Trinajstić information content (AvgIpc) is 2.98. The number of amides is 4. The molecular weight excluding hydrogens is 410 g/mol. The van der Waals surface area contributed by atoms with E-state index in [1.54, 1.807) is 4.90 Å². The van der Waals surface area contributed by atoms with Crippen LogP contribution in [0.5, 0.6) is 0 Å². The third-order valence-corrected chi connectivity index (χ3v) is 7.07. The van der Waals surface area contributed by atoms with E-state index in [2.05, 4.69) is 11.1 Å². The second kappa shape index (κ2) is 9.02. The van der Waals surface area contributed by atoms with Crippen molar-refractivity contribution in [1.29, 1.82) is 0 Å². The molecule has 32 heavy (non-hydrogen) atoms. The summed E-state index contributed by atoms with van der Waals surface area (Å²) in [7, 11) is 0. The molecule has 3 fully saturated rings. The molecule has 1 aromatic rings. The van der Waals surface area contributed by atoms with E-state index in [1.165, 1.54) is 39.0 Å². The number of carbonyl (C=O) groups is 4. The van der Waals surface area contributed by atoms with Gasteiger partial charge in [0.05, 0.1) is 6.61 Å². The van der Waals surface area contributed by atoms with Crippen molar-refractivity contribution in [3.8, 4) is 0 Å². The highest BCUT2D eigenvalue weighted by Gasteiger charge is 2.47. The van der Waals surface area contributed by atoms with Gasteiger partial charge in [0.25, 0.3) is 5.91 Å². The average molecular weight is 442 g/mol. The van der Waals surface area contributed by atoms with Gasteiger partial charge >= 0.3 is 0 Å². The molecule has 1 aromatic carbocycles. The number of piperidine rings is 1. The number of nitrogens with two attached hydrogens (primary N) is 1. The van der Waals surface area contributed by atoms with E-state index in [4.69, 9.17) is 4.74 Å². The Hall–Kier alpha value is -2.74. The predicted molar refractivity (Wildman–Crippen MR) is 116 cm³/mol. The van der Waals surface area contributed by atoms with Crippen LogP contribution in [0.1, 0.15) is 73.4 Å². The number of benzene rings is 1. The van der Waals surface area contributed by atoms with Crippen molar-refractivity contribution in [1.82, 2.24) is 10.2 Å². The van der Waals surface area contributed by atoms with Crippen LogP contribution in [-0.2, 0) is 32.3 Å². The highest BCUT2D eigenvalue weighted by atomic mass is 16.5. The van der Waals surface area contributed by atoms with Crippen molar-refractivity contribution in [2.75, 3.05) is 6.61 Å². The van der Waals surface area contributed by atoms with Crippen LogP contribution >= 0.6 is 0 Å². The van der Waals surface area contributed by atoms with Crippen molar-refractivity contribution in [2.24, 2.45) is 17.1 Å². The summed E-state index contributed by atoms with van der Waals surface area (Å²) < 4.78 is 5.93. The number of imide groups is 1. The molecule has 8 heteroatoms. The molecule has 1 saturated heterocycles. The zero-order valence-electron chi connectivity index (χ0n) is 18.5. The van der Waals surface area contributed by atoms with Gasteiger partial charge in [0.15, 0.2) is 0 Å². The number of primary amides is 1. The van der Waals surface area contributed by atoms with Crippen LogP contribution in [0.15, 0.2) is 18.2 Å². The zero-order chi connectivity index (χ0) is 22.9. The van der Waals surface area contributed by atoms with E-state index in [0.717, 1.165) is 17.7 Å². The molecule has 172 valence electrons. The van der Waals surface area contributed by atoms with E-state index in [9.17, 15) is 19.2 Å². The smallest absolute Gasteiger partial charge is 0.255 e. The Labute approximate surface area is 187 Å². The summed E-state index contributed by atoms with van der Waals surface area (Å²) >= 11 is 0. The minimum absolute atomic E-state index is 0.128. The van der Waals surface area contributed by atoms with Crippen molar-refractivity contribution < 1.29 is 23.9 Å². The van der Waals surface area contributed by atoms with Crippen LogP contribution in [0.2, 0.25) is 0 Å². The first-order valence-corrected chi connectivity index (χ1v) is 11.4. The van der Waals surface area contributed by atoms with Crippen LogP contribution in [0.3, 0.4) is 0 Å². The summed E-state index contributed by atoms with van der Waals surface area (Å²) in [6.07, 6.45) is 7.50. The summed E-state index contributed by atoms with van der Waals surface area (Å²) in [5.74, 6) is -0.401. The number of ether oxygens (including phenoxy) is 1. The molecule has 2 saturated carbocycles. The molecule has 8 nitrogen and oxygen atoms in total. The van der Waals surface area contributed by atoms with E-state index < -0.39 is 6.04 Å². The summed E-state index contributed by atoms with van der Waals surface area (Å²) in [6, 6.07) is 5.31. The van der Waals surface area contributed by atoms with Gasteiger partial charge in [0, 0.05) is 32.1 Å². The lowest BCUT2D eigenvalue weighted by Gasteiger charge is -2.54. The lowest BCUT2D eigenvalue weighted by molar-refractivity contribution is -0.137. The van der Waals surface area contributed by atoms with Gasteiger partial charge in [0.2, 0.25) is 17.7 Å². The van der Waals surface area contributed by atoms with Crippen LogP contribution in [0.4, 0.5) is 0 Å². The van der Waals surface area contributed by atoms with Gasteiger partial charge in [0.1, 0.15) is 6.04 Å². The van der Waals surface area contributed by atoms with E-state index in [1.807, 2.05) is 18.2 Å². The van der Waals surface area contributed by atoms with Gasteiger partial charge in [-0.2, -0.15) is 0 Å². The Balaban J connectivity index is 0.000000567. The van der Waals surface area contributed by atoms with Crippen molar-refractivity contribution >= 4 is 23.6 Å². The van der Waals surface area contributed by atoms with Crippen LogP contribution in [0.25, 0.3) is 0 Å². The highest BCUT2D eigenvalue weighted by molar-refractivity contribution is 6.05. The molecule has 1 atom stereocenters. The fraction of sp³-hybridized carbons (Fsp3) is 0.583. The van der Waals surface area contributed by atoms with E-state index >= 15 is 0 Å². The predicted octanol–water partition coefficient (Wildman–Crippen LogP) is 2.04. The standard InChI is InChI=1S/C22H26N2O4.C2H5NO/c25-19-5-4-18(20(26)23-19)24-11-16-3-2-14(8-17(16)21(24)27)12-28-13-15-9-22(10-15)6-1-7-22;1-2(3)4/h2-3,8,15,18H,1,4-7,9-13H2,(H,23,25,26);1H3,(H2,3,4). The maximum Gasteiger partial charge on any atom is 0.255 e. The molecular formula is C24H31N3O5. The van der Waals surface area contributed by atoms with Gasteiger partial charge in [-0.1, -0.05) is 18.6 Å². The number of carbonyl (C=O) groups excluding carboxylic acids is 4. The summed E-state index contributed by atoms with van der Waals surface area (Å²) in [5.41, 5.74) is 7.73. The first kappa shape index (κ1) is 22.5. The molecule has 0 bridgehead atoms. The van der Waals surface area contributed by atoms with Gasteiger partial charge in [-0.25, -0.2) is 0 Å². The van der Waals surface area contributed by atoms with Crippen molar-refractivity contribution in [3.05, 3.63) is 34.9 Å². The van der Waals surface area contributed by atoms with Gasteiger partial charge in [-0.3, -0.25) is 24.5 Å². The molecule has 2 aliphatic heterocycles. The van der Waals surface area contributed by atoms with Gasteiger partial charge < -0.3 is 15.4 Å². The fourth-order valence-electron chi connectivity index (χ4n) is 5.40. The first-order valence-electron chi connectivity index (χ1n) is 11.4. The minimum atomic E-state index is -0.560. The third kappa shape index (κ3) is 4.70. The molecule has 1 unspecified atom stereocenters. The Morgan fingerprint density at radius 3 is 2.59 bits per heavy atom. The quantitative estimate of drug-likeness (QED) is 0.678.